The van der Waals surface area contributed by atoms with Crippen LogP contribution in [0.2, 0.25) is 0 Å². The average Bonchev–Trinajstić information content (AvgIpc) is 2.91. The van der Waals surface area contributed by atoms with Crippen molar-refractivity contribution in [3.05, 3.63) is 12.3 Å². The molecule has 1 aromatic rings. The summed E-state index contributed by atoms with van der Waals surface area (Å²) >= 11 is 0. The molecule has 3 rings (SSSR count). The quantitative estimate of drug-likeness (QED) is 0.910. The maximum Gasteiger partial charge on any atom is 0.229 e. The monoisotopic (exact) mass is 276 g/mol. The molecule has 0 spiro atoms. The van der Waals surface area contributed by atoms with E-state index >= 15 is 0 Å². The van der Waals surface area contributed by atoms with Gasteiger partial charge in [-0.05, 0) is 39.5 Å². The second-order valence-electron chi connectivity index (χ2n) is 6.65. The molecule has 5 heteroatoms. The van der Waals surface area contributed by atoms with Crippen LogP contribution < -0.4 is 15.0 Å². The molecule has 0 radical (unpaired) electrons. The third-order valence-electron chi connectivity index (χ3n) is 4.58. The van der Waals surface area contributed by atoms with Crippen LogP contribution in [0.4, 0.5) is 5.95 Å². The van der Waals surface area contributed by atoms with Crippen LogP contribution in [-0.2, 0) is 0 Å². The predicted molar refractivity (Wildman–Crippen MR) is 79.1 cm³/mol. The lowest BCUT2D eigenvalue weighted by Crippen LogP contribution is -2.45. The maximum absolute atomic E-state index is 5.69. The predicted octanol–water partition coefficient (Wildman–Crippen LogP) is 1.70. The molecule has 0 saturated carbocycles. The van der Waals surface area contributed by atoms with Crippen molar-refractivity contribution in [2.75, 3.05) is 24.5 Å². The Labute approximate surface area is 120 Å². The first-order valence-electron chi connectivity index (χ1n) is 7.46. The summed E-state index contributed by atoms with van der Waals surface area (Å²) in [6.07, 6.45) is 1.93. The van der Waals surface area contributed by atoms with E-state index < -0.39 is 0 Å². The van der Waals surface area contributed by atoms with Crippen LogP contribution in [0.5, 0.6) is 5.88 Å². The highest BCUT2D eigenvalue weighted by Gasteiger charge is 2.50. The Kier molecular flexibility index (Phi) is 3.32. The van der Waals surface area contributed by atoms with E-state index in [1.54, 1.807) is 6.20 Å². The van der Waals surface area contributed by atoms with Gasteiger partial charge in [-0.1, -0.05) is 0 Å². The Hall–Kier alpha value is -1.36. The Morgan fingerprint density at radius 3 is 2.90 bits per heavy atom. The van der Waals surface area contributed by atoms with Crippen LogP contribution in [0.1, 0.15) is 27.7 Å². The van der Waals surface area contributed by atoms with E-state index in [1.807, 2.05) is 19.9 Å². The van der Waals surface area contributed by atoms with Crippen molar-refractivity contribution in [2.24, 2.45) is 11.8 Å². The molecule has 3 heterocycles. The first-order chi connectivity index (χ1) is 9.48. The molecule has 2 aliphatic rings. The number of ether oxygens (including phenoxy) is 1. The topological polar surface area (TPSA) is 50.3 Å². The number of nitrogens with zero attached hydrogens (tertiary/aromatic N) is 3. The number of hydrogen-bond donors (Lipinski definition) is 1. The van der Waals surface area contributed by atoms with Crippen molar-refractivity contribution in [1.29, 1.82) is 0 Å². The SMILES string of the molecule is CC(C)Oc1ccnc(N2CC3CNCC3C2(C)C)n1. The van der Waals surface area contributed by atoms with Crippen LogP contribution >= 0.6 is 0 Å². The number of hydrogen-bond acceptors (Lipinski definition) is 5. The van der Waals surface area contributed by atoms with Gasteiger partial charge >= 0.3 is 0 Å². The molecule has 1 N–H and O–H groups in total. The van der Waals surface area contributed by atoms with Gasteiger partial charge in [0.15, 0.2) is 0 Å². The number of nitrogens with one attached hydrogen (secondary N) is 1. The highest BCUT2D eigenvalue weighted by Crippen LogP contribution is 2.42. The molecule has 0 amide bonds. The molecule has 2 aliphatic heterocycles. The fourth-order valence-corrected chi connectivity index (χ4v) is 3.53. The zero-order valence-electron chi connectivity index (χ0n) is 12.8. The number of aromatic nitrogens is 2. The first kappa shape index (κ1) is 13.6. The van der Waals surface area contributed by atoms with Crippen molar-refractivity contribution in [3.8, 4) is 5.88 Å². The molecule has 0 aliphatic carbocycles. The first-order valence-corrected chi connectivity index (χ1v) is 7.46. The van der Waals surface area contributed by atoms with E-state index in [0.717, 1.165) is 25.6 Å². The standard InChI is InChI=1S/C15H24N4O/c1-10(2)20-13-5-6-17-14(18-13)19-9-11-7-16-8-12(11)15(19,3)4/h5-6,10-12,16H,7-9H2,1-4H3. The van der Waals surface area contributed by atoms with Crippen LogP contribution in [0.15, 0.2) is 12.3 Å². The average molecular weight is 276 g/mol. The molecule has 1 aromatic heterocycles. The lowest BCUT2D eigenvalue weighted by molar-refractivity contribution is 0.232. The van der Waals surface area contributed by atoms with Crippen LogP contribution in [-0.4, -0.2) is 41.2 Å². The molecule has 20 heavy (non-hydrogen) atoms. The van der Waals surface area contributed by atoms with Gasteiger partial charge in [-0.2, -0.15) is 4.98 Å². The summed E-state index contributed by atoms with van der Waals surface area (Å²) < 4.78 is 5.69. The zero-order chi connectivity index (χ0) is 14.3. The second kappa shape index (κ2) is 4.88. The van der Waals surface area contributed by atoms with Crippen molar-refractivity contribution < 1.29 is 4.74 Å². The summed E-state index contributed by atoms with van der Waals surface area (Å²) in [5.41, 5.74) is 0.0879. The van der Waals surface area contributed by atoms with Gasteiger partial charge in [-0.15, -0.1) is 0 Å². The smallest absolute Gasteiger partial charge is 0.229 e. The lowest BCUT2D eigenvalue weighted by atomic mass is 9.85. The van der Waals surface area contributed by atoms with Crippen molar-refractivity contribution in [3.63, 3.8) is 0 Å². The minimum Gasteiger partial charge on any atom is -0.475 e. The van der Waals surface area contributed by atoms with Gasteiger partial charge in [0.1, 0.15) is 0 Å². The number of anilines is 1. The number of fused-ring (bicyclic) bond motifs is 1. The highest BCUT2D eigenvalue weighted by atomic mass is 16.5. The Balaban J connectivity index is 1.86. The molecule has 2 atom stereocenters. The van der Waals surface area contributed by atoms with Crippen LogP contribution in [0, 0.1) is 11.8 Å². The van der Waals surface area contributed by atoms with Gasteiger partial charge < -0.3 is 15.0 Å². The summed E-state index contributed by atoms with van der Waals surface area (Å²) in [5.74, 6) is 2.82. The van der Waals surface area contributed by atoms with Gasteiger partial charge in [0.05, 0.1) is 6.10 Å². The summed E-state index contributed by atoms with van der Waals surface area (Å²) in [6.45, 7) is 11.8. The fraction of sp³-hybridized carbons (Fsp3) is 0.733. The van der Waals surface area contributed by atoms with E-state index in [1.165, 1.54) is 0 Å². The Morgan fingerprint density at radius 1 is 1.40 bits per heavy atom. The molecule has 2 saturated heterocycles. The van der Waals surface area contributed by atoms with Gasteiger partial charge in [-0.25, -0.2) is 4.98 Å². The minimum absolute atomic E-state index is 0.0879. The van der Waals surface area contributed by atoms with E-state index in [4.69, 9.17) is 4.74 Å². The normalized spacial score (nSPS) is 27.9. The van der Waals surface area contributed by atoms with E-state index in [0.29, 0.717) is 17.7 Å². The molecular formula is C15H24N4O. The molecule has 0 aromatic carbocycles. The van der Waals surface area contributed by atoms with Crippen LogP contribution in [0.3, 0.4) is 0 Å². The largest absolute Gasteiger partial charge is 0.475 e. The molecule has 5 nitrogen and oxygen atoms in total. The third-order valence-corrected chi connectivity index (χ3v) is 4.58. The molecule has 2 fully saturated rings. The molecule has 0 bridgehead atoms. The van der Waals surface area contributed by atoms with E-state index in [2.05, 4.69) is 34.0 Å². The fourth-order valence-electron chi connectivity index (χ4n) is 3.53. The lowest BCUT2D eigenvalue weighted by Gasteiger charge is -2.35. The van der Waals surface area contributed by atoms with Crippen molar-refractivity contribution >= 4 is 5.95 Å². The highest BCUT2D eigenvalue weighted by molar-refractivity contribution is 5.40. The Morgan fingerprint density at radius 2 is 2.20 bits per heavy atom. The third kappa shape index (κ3) is 2.24. The van der Waals surface area contributed by atoms with Gasteiger partial charge in [0.25, 0.3) is 0 Å². The van der Waals surface area contributed by atoms with Gasteiger partial charge in [0, 0.05) is 37.4 Å². The van der Waals surface area contributed by atoms with Crippen LogP contribution in [0.25, 0.3) is 0 Å². The number of rotatable bonds is 3. The summed E-state index contributed by atoms with van der Waals surface area (Å²) in [4.78, 5) is 11.4. The summed E-state index contributed by atoms with van der Waals surface area (Å²) in [5, 5.41) is 3.50. The van der Waals surface area contributed by atoms with E-state index in [-0.39, 0.29) is 11.6 Å². The van der Waals surface area contributed by atoms with E-state index in [9.17, 15) is 0 Å². The molecular weight excluding hydrogens is 252 g/mol. The maximum atomic E-state index is 5.69. The second-order valence-corrected chi connectivity index (χ2v) is 6.65. The van der Waals surface area contributed by atoms with Crippen molar-refractivity contribution in [2.45, 2.75) is 39.3 Å². The van der Waals surface area contributed by atoms with Crippen molar-refractivity contribution in [1.82, 2.24) is 15.3 Å². The van der Waals surface area contributed by atoms with Gasteiger partial charge in [0.2, 0.25) is 11.8 Å². The molecule has 2 unspecified atom stereocenters. The summed E-state index contributed by atoms with van der Waals surface area (Å²) in [6, 6.07) is 1.83. The summed E-state index contributed by atoms with van der Waals surface area (Å²) in [7, 11) is 0. The minimum atomic E-state index is 0.0879. The van der Waals surface area contributed by atoms with Gasteiger partial charge in [-0.3, -0.25) is 0 Å². The molecule has 110 valence electrons. The zero-order valence-corrected chi connectivity index (χ0v) is 12.8. The Bertz CT molecular complexity index is 489.